The quantitative estimate of drug-likeness (QED) is 0.813. The van der Waals surface area contributed by atoms with Gasteiger partial charge >= 0.3 is 0 Å². The summed E-state index contributed by atoms with van der Waals surface area (Å²) in [6.45, 7) is 3.97. The standard InChI is InChI=1S/C14H17N3O/c1-11-15-14(18-16-11)12-7-9-17(10-8-12)13-5-3-2-4-6-13/h2-6,12H,7-10H2,1H3. The van der Waals surface area contributed by atoms with Crippen LogP contribution in [0.3, 0.4) is 0 Å². The van der Waals surface area contributed by atoms with E-state index < -0.39 is 0 Å². The highest BCUT2D eigenvalue weighted by Gasteiger charge is 2.24. The Morgan fingerprint density at radius 3 is 2.50 bits per heavy atom. The van der Waals surface area contributed by atoms with Gasteiger partial charge in [0.25, 0.3) is 0 Å². The molecule has 0 bridgehead atoms. The molecule has 0 atom stereocenters. The molecule has 3 rings (SSSR count). The fraction of sp³-hybridized carbons (Fsp3) is 0.429. The largest absolute Gasteiger partial charge is 0.371 e. The Morgan fingerprint density at radius 1 is 1.17 bits per heavy atom. The number of para-hydroxylation sites is 1. The lowest BCUT2D eigenvalue weighted by Gasteiger charge is -2.32. The van der Waals surface area contributed by atoms with E-state index in [0.717, 1.165) is 37.6 Å². The van der Waals surface area contributed by atoms with Crippen LogP contribution in [-0.4, -0.2) is 23.2 Å². The summed E-state index contributed by atoms with van der Waals surface area (Å²) in [5, 5.41) is 3.87. The second kappa shape index (κ2) is 4.80. The molecule has 2 aromatic rings. The molecule has 4 heteroatoms. The molecule has 1 aliphatic heterocycles. The maximum atomic E-state index is 5.27. The number of aromatic nitrogens is 2. The molecule has 0 amide bonds. The van der Waals surface area contributed by atoms with E-state index in [1.165, 1.54) is 5.69 Å². The average molecular weight is 243 g/mol. The molecule has 0 radical (unpaired) electrons. The Labute approximate surface area is 107 Å². The molecule has 1 aromatic heterocycles. The lowest BCUT2D eigenvalue weighted by atomic mass is 9.96. The first-order valence-corrected chi connectivity index (χ1v) is 6.43. The smallest absolute Gasteiger partial charge is 0.229 e. The summed E-state index contributed by atoms with van der Waals surface area (Å²) in [7, 11) is 0. The molecule has 1 saturated heterocycles. The van der Waals surface area contributed by atoms with Crippen molar-refractivity contribution in [2.24, 2.45) is 0 Å². The normalized spacial score (nSPS) is 17.1. The van der Waals surface area contributed by atoms with Crippen LogP contribution >= 0.6 is 0 Å². The van der Waals surface area contributed by atoms with Gasteiger partial charge in [-0.3, -0.25) is 0 Å². The highest BCUT2D eigenvalue weighted by Crippen LogP contribution is 2.29. The van der Waals surface area contributed by atoms with Gasteiger partial charge < -0.3 is 9.42 Å². The minimum absolute atomic E-state index is 0.422. The Bertz CT molecular complexity index is 501. The molecule has 18 heavy (non-hydrogen) atoms. The van der Waals surface area contributed by atoms with Crippen LogP contribution < -0.4 is 4.90 Å². The van der Waals surface area contributed by atoms with Crippen LogP contribution in [0.4, 0.5) is 5.69 Å². The van der Waals surface area contributed by atoms with Gasteiger partial charge in [0.15, 0.2) is 5.82 Å². The van der Waals surface area contributed by atoms with E-state index in [1.54, 1.807) is 0 Å². The topological polar surface area (TPSA) is 42.2 Å². The summed E-state index contributed by atoms with van der Waals surface area (Å²) < 4.78 is 5.27. The minimum atomic E-state index is 0.422. The third kappa shape index (κ3) is 2.23. The number of aryl methyl sites for hydroxylation is 1. The first-order valence-electron chi connectivity index (χ1n) is 6.43. The highest BCUT2D eigenvalue weighted by molar-refractivity contribution is 5.46. The van der Waals surface area contributed by atoms with Crippen molar-refractivity contribution in [3.05, 3.63) is 42.0 Å². The van der Waals surface area contributed by atoms with E-state index in [0.29, 0.717) is 5.92 Å². The zero-order chi connectivity index (χ0) is 12.4. The van der Waals surface area contributed by atoms with Crippen LogP contribution in [0.5, 0.6) is 0 Å². The molecule has 0 aliphatic carbocycles. The van der Waals surface area contributed by atoms with Crippen LogP contribution in [0, 0.1) is 6.92 Å². The van der Waals surface area contributed by atoms with Gasteiger partial charge in [-0.2, -0.15) is 4.98 Å². The fourth-order valence-corrected chi connectivity index (χ4v) is 2.50. The maximum Gasteiger partial charge on any atom is 0.229 e. The van der Waals surface area contributed by atoms with Gasteiger partial charge in [0.05, 0.1) is 0 Å². The van der Waals surface area contributed by atoms with Gasteiger partial charge in [-0.15, -0.1) is 0 Å². The molecule has 0 unspecified atom stereocenters. The van der Waals surface area contributed by atoms with Gasteiger partial charge in [0.1, 0.15) is 0 Å². The molecule has 4 nitrogen and oxygen atoms in total. The number of nitrogens with zero attached hydrogens (tertiary/aromatic N) is 3. The molecule has 0 N–H and O–H groups in total. The molecule has 94 valence electrons. The summed E-state index contributed by atoms with van der Waals surface area (Å²) in [5.74, 6) is 1.96. The van der Waals surface area contributed by atoms with E-state index in [9.17, 15) is 0 Å². The van der Waals surface area contributed by atoms with Crippen molar-refractivity contribution in [1.29, 1.82) is 0 Å². The summed E-state index contributed by atoms with van der Waals surface area (Å²) in [6, 6.07) is 10.6. The van der Waals surface area contributed by atoms with Crippen molar-refractivity contribution in [3.63, 3.8) is 0 Å². The second-order valence-corrected chi connectivity index (χ2v) is 4.78. The molecule has 1 aliphatic rings. The van der Waals surface area contributed by atoms with Crippen LogP contribution in [-0.2, 0) is 0 Å². The van der Waals surface area contributed by atoms with E-state index in [1.807, 2.05) is 6.92 Å². The molecular formula is C14H17N3O. The summed E-state index contributed by atoms with van der Waals surface area (Å²) in [6.07, 6.45) is 2.16. The van der Waals surface area contributed by atoms with Crippen molar-refractivity contribution in [1.82, 2.24) is 10.1 Å². The molecular weight excluding hydrogens is 226 g/mol. The zero-order valence-corrected chi connectivity index (χ0v) is 10.5. The number of benzene rings is 1. The maximum absolute atomic E-state index is 5.27. The number of piperidine rings is 1. The molecule has 0 spiro atoms. The molecule has 1 aromatic carbocycles. The third-order valence-electron chi connectivity index (χ3n) is 3.51. The Hall–Kier alpha value is -1.84. The van der Waals surface area contributed by atoms with E-state index in [-0.39, 0.29) is 0 Å². The van der Waals surface area contributed by atoms with Gasteiger partial charge in [-0.05, 0) is 31.9 Å². The van der Waals surface area contributed by atoms with Crippen LogP contribution in [0.2, 0.25) is 0 Å². The predicted octanol–water partition coefficient (Wildman–Crippen LogP) is 2.76. The van der Waals surface area contributed by atoms with E-state index in [2.05, 4.69) is 45.4 Å². The van der Waals surface area contributed by atoms with Crippen LogP contribution in [0.25, 0.3) is 0 Å². The van der Waals surface area contributed by atoms with E-state index >= 15 is 0 Å². The van der Waals surface area contributed by atoms with Crippen LogP contribution in [0.15, 0.2) is 34.9 Å². The monoisotopic (exact) mass is 243 g/mol. The number of hydrogen-bond donors (Lipinski definition) is 0. The van der Waals surface area contributed by atoms with Gasteiger partial charge in [-0.1, -0.05) is 23.4 Å². The van der Waals surface area contributed by atoms with Crippen molar-refractivity contribution in [3.8, 4) is 0 Å². The predicted molar refractivity (Wildman–Crippen MR) is 69.7 cm³/mol. The van der Waals surface area contributed by atoms with Crippen molar-refractivity contribution in [2.75, 3.05) is 18.0 Å². The van der Waals surface area contributed by atoms with Crippen LogP contribution in [0.1, 0.15) is 30.5 Å². The van der Waals surface area contributed by atoms with Crippen molar-refractivity contribution >= 4 is 5.69 Å². The second-order valence-electron chi connectivity index (χ2n) is 4.78. The molecule has 0 saturated carbocycles. The summed E-state index contributed by atoms with van der Waals surface area (Å²) >= 11 is 0. The van der Waals surface area contributed by atoms with Gasteiger partial charge in [0, 0.05) is 24.7 Å². The number of anilines is 1. The lowest BCUT2D eigenvalue weighted by Crippen LogP contribution is -2.32. The zero-order valence-electron chi connectivity index (χ0n) is 10.5. The SMILES string of the molecule is Cc1noc(C2CCN(c3ccccc3)CC2)n1. The number of hydrogen-bond acceptors (Lipinski definition) is 4. The van der Waals surface area contributed by atoms with E-state index in [4.69, 9.17) is 4.52 Å². The summed E-state index contributed by atoms with van der Waals surface area (Å²) in [4.78, 5) is 6.75. The fourth-order valence-electron chi connectivity index (χ4n) is 2.50. The van der Waals surface area contributed by atoms with Gasteiger partial charge in [-0.25, -0.2) is 0 Å². The molecule has 1 fully saturated rings. The first-order chi connectivity index (χ1) is 8.83. The highest BCUT2D eigenvalue weighted by atomic mass is 16.5. The Balaban J connectivity index is 1.65. The Kier molecular flexibility index (Phi) is 3.00. The molecule has 2 heterocycles. The lowest BCUT2D eigenvalue weighted by molar-refractivity contribution is 0.327. The van der Waals surface area contributed by atoms with Crippen molar-refractivity contribution in [2.45, 2.75) is 25.7 Å². The van der Waals surface area contributed by atoms with Gasteiger partial charge in [0.2, 0.25) is 5.89 Å². The minimum Gasteiger partial charge on any atom is -0.371 e. The number of rotatable bonds is 2. The Morgan fingerprint density at radius 2 is 1.89 bits per heavy atom. The van der Waals surface area contributed by atoms with Crippen molar-refractivity contribution < 1.29 is 4.52 Å². The summed E-state index contributed by atoms with van der Waals surface area (Å²) in [5.41, 5.74) is 1.30. The average Bonchev–Trinajstić information content (AvgIpc) is 2.87. The first kappa shape index (κ1) is 11.3. The third-order valence-corrected chi connectivity index (χ3v) is 3.51.